The number of carbonyl (C=O) groups excluding carboxylic acids is 3. The average molecular weight is 463 g/mol. The van der Waals surface area contributed by atoms with Gasteiger partial charge in [-0.3, -0.25) is 14.9 Å². The van der Waals surface area contributed by atoms with Crippen molar-refractivity contribution in [2.45, 2.75) is 13.0 Å². The molecule has 10 heteroatoms. The van der Waals surface area contributed by atoms with Crippen molar-refractivity contribution >= 4 is 46.5 Å². The highest BCUT2D eigenvalue weighted by atomic mass is 16.5. The molecule has 0 saturated carbocycles. The van der Waals surface area contributed by atoms with Crippen molar-refractivity contribution in [1.29, 1.82) is 0 Å². The summed E-state index contributed by atoms with van der Waals surface area (Å²) in [5, 5.41) is 12.3. The number of rotatable bonds is 6. The van der Waals surface area contributed by atoms with Crippen molar-refractivity contribution < 1.29 is 33.8 Å². The average Bonchev–Trinajstić information content (AvgIpc) is 3.19. The number of carbonyl (C=O) groups is 4. The Balaban J connectivity index is 1.83. The van der Waals surface area contributed by atoms with Crippen molar-refractivity contribution in [3.05, 3.63) is 59.8 Å². The molecule has 0 unspecified atom stereocenters. The first-order chi connectivity index (χ1) is 16.3. The molecule has 1 fully saturated rings. The van der Waals surface area contributed by atoms with Crippen LogP contribution in [-0.4, -0.2) is 47.7 Å². The van der Waals surface area contributed by atoms with E-state index in [2.05, 4.69) is 5.32 Å². The lowest BCUT2D eigenvalue weighted by atomic mass is 10.1. The maximum Gasteiger partial charge on any atom is 0.336 e. The summed E-state index contributed by atoms with van der Waals surface area (Å²) in [6, 6.07) is 9.77. The molecule has 1 aromatic heterocycles. The summed E-state index contributed by atoms with van der Waals surface area (Å²) in [7, 11) is 2.85. The largest absolute Gasteiger partial charge is 0.497 e. The highest BCUT2D eigenvalue weighted by Gasteiger charge is 2.38. The summed E-state index contributed by atoms with van der Waals surface area (Å²) in [6.07, 6.45) is 2.91. The fraction of sp³-hybridized carbons (Fsp3) is 0.167. The summed E-state index contributed by atoms with van der Waals surface area (Å²) in [4.78, 5) is 51.0. The Morgan fingerprint density at radius 2 is 1.82 bits per heavy atom. The first-order valence-electron chi connectivity index (χ1n) is 10.2. The molecule has 34 heavy (non-hydrogen) atoms. The van der Waals surface area contributed by atoms with E-state index in [0.29, 0.717) is 22.2 Å². The molecule has 0 aliphatic carbocycles. The minimum absolute atomic E-state index is 0.131. The Labute approximate surface area is 194 Å². The highest BCUT2D eigenvalue weighted by Crippen LogP contribution is 2.35. The third-order valence-electron chi connectivity index (χ3n) is 5.58. The van der Waals surface area contributed by atoms with Crippen LogP contribution in [0.1, 0.15) is 18.5 Å². The van der Waals surface area contributed by atoms with E-state index in [1.807, 2.05) is 0 Å². The number of nitrogens with one attached hydrogen (secondary N) is 1. The molecule has 0 radical (unpaired) electrons. The number of aromatic nitrogens is 1. The molecule has 10 nitrogen and oxygen atoms in total. The number of para-hydroxylation sites is 1. The van der Waals surface area contributed by atoms with Gasteiger partial charge in [0.2, 0.25) is 0 Å². The maximum absolute atomic E-state index is 13.3. The number of fused-ring (bicyclic) bond motifs is 1. The first kappa shape index (κ1) is 22.6. The van der Waals surface area contributed by atoms with Gasteiger partial charge in [-0.2, -0.15) is 0 Å². The van der Waals surface area contributed by atoms with Crippen LogP contribution in [0.4, 0.5) is 10.5 Å². The van der Waals surface area contributed by atoms with Gasteiger partial charge in [-0.1, -0.05) is 18.2 Å². The summed E-state index contributed by atoms with van der Waals surface area (Å²) < 4.78 is 12.0. The first-order valence-corrected chi connectivity index (χ1v) is 10.2. The molecule has 1 aliphatic rings. The second-order valence-corrected chi connectivity index (χ2v) is 7.52. The van der Waals surface area contributed by atoms with E-state index < -0.39 is 29.9 Å². The van der Waals surface area contributed by atoms with Gasteiger partial charge in [0.05, 0.1) is 19.9 Å². The van der Waals surface area contributed by atoms with Gasteiger partial charge >= 0.3 is 12.0 Å². The normalized spacial score (nSPS) is 16.0. The Bertz CT molecular complexity index is 1370. The molecule has 174 valence electrons. The lowest BCUT2D eigenvalue weighted by Crippen LogP contribution is -2.54. The Hall–Kier alpha value is -4.60. The second-order valence-electron chi connectivity index (χ2n) is 7.52. The maximum atomic E-state index is 13.3. The number of benzene rings is 2. The fourth-order valence-electron chi connectivity index (χ4n) is 3.79. The number of carboxylic acids is 1. The van der Waals surface area contributed by atoms with E-state index in [1.165, 1.54) is 39.4 Å². The highest BCUT2D eigenvalue weighted by molar-refractivity contribution is 6.39. The number of amides is 4. The van der Waals surface area contributed by atoms with E-state index in [1.54, 1.807) is 41.1 Å². The number of barbiturate groups is 1. The van der Waals surface area contributed by atoms with Crippen LogP contribution in [0, 0.1) is 0 Å². The molecule has 0 bridgehead atoms. The summed E-state index contributed by atoms with van der Waals surface area (Å²) in [6.45, 7) is 1.53. The minimum Gasteiger partial charge on any atom is -0.497 e. The third-order valence-corrected chi connectivity index (χ3v) is 5.58. The molecular weight excluding hydrogens is 442 g/mol. The van der Waals surface area contributed by atoms with Crippen molar-refractivity contribution in [2.75, 3.05) is 19.1 Å². The van der Waals surface area contributed by atoms with Gasteiger partial charge < -0.3 is 19.1 Å². The molecule has 0 spiro atoms. The van der Waals surface area contributed by atoms with E-state index in [9.17, 15) is 24.3 Å². The predicted octanol–water partition coefficient (Wildman–Crippen LogP) is 2.97. The van der Waals surface area contributed by atoms with Crippen LogP contribution in [-0.2, 0) is 14.4 Å². The topological polar surface area (TPSA) is 127 Å². The number of nitrogens with zero attached hydrogens (tertiary/aromatic N) is 2. The zero-order valence-electron chi connectivity index (χ0n) is 18.6. The van der Waals surface area contributed by atoms with E-state index >= 15 is 0 Å². The number of hydrogen-bond donors (Lipinski definition) is 2. The number of anilines is 1. The quantitative estimate of drug-likeness (QED) is 0.425. The molecular formula is C24H21N3O7. The van der Waals surface area contributed by atoms with Crippen molar-refractivity contribution in [1.82, 2.24) is 9.88 Å². The zero-order valence-corrected chi connectivity index (χ0v) is 18.6. The summed E-state index contributed by atoms with van der Waals surface area (Å²) in [5.74, 6) is -2.09. The lowest BCUT2D eigenvalue weighted by molar-refractivity contribution is -0.140. The van der Waals surface area contributed by atoms with Crippen LogP contribution in [0.2, 0.25) is 0 Å². The van der Waals surface area contributed by atoms with Crippen LogP contribution in [0.3, 0.4) is 0 Å². The van der Waals surface area contributed by atoms with Crippen molar-refractivity contribution in [2.24, 2.45) is 0 Å². The van der Waals surface area contributed by atoms with Crippen molar-refractivity contribution in [3.8, 4) is 11.5 Å². The number of aliphatic carboxylic acids is 1. The molecule has 2 aromatic carbocycles. The minimum atomic E-state index is -1.03. The number of carboxylic acid groups (broad SMARTS) is 1. The van der Waals surface area contributed by atoms with Gasteiger partial charge in [0.1, 0.15) is 23.1 Å². The van der Waals surface area contributed by atoms with E-state index in [4.69, 9.17) is 9.47 Å². The number of methoxy groups -OCH3 is 2. The lowest BCUT2D eigenvalue weighted by Gasteiger charge is -2.27. The molecule has 2 N–H and O–H groups in total. The van der Waals surface area contributed by atoms with Crippen molar-refractivity contribution in [3.63, 3.8) is 0 Å². The van der Waals surface area contributed by atoms with Gasteiger partial charge in [0.25, 0.3) is 11.8 Å². The van der Waals surface area contributed by atoms with E-state index in [0.717, 1.165) is 4.90 Å². The second kappa shape index (κ2) is 8.74. The van der Waals surface area contributed by atoms with Crippen LogP contribution >= 0.6 is 0 Å². The fourth-order valence-corrected chi connectivity index (χ4v) is 3.79. The Morgan fingerprint density at radius 3 is 2.50 bits per heavy atom. The Morgan fingerprint density at radius 1 is 1.09 bits per heavy atom. The molecule has 4 rings (SSSR count). The summed E-state index contributed by atoms with van der Waals surface area (Å²) >= 11 is 0. The van der Waals surface area contributed by atoms with Crippen LogP contribution in [0.25, 0.3) is 17.0 Å². The predicted molar refractivity (Wildman–Crippen MR) is 123 cm³/mol. The van der Waals surface area contributed by atoms with Crippen LogP contribution < -0.4 is 19.7 Å². The van der Waals surface area contributed by atoms with Gasteiger partial charge in [-0.15, -0.1) is 0 Å². The van der Waals surface area contributed by atoms with Gasteiger partial charge in [-0.25, -0.2) is 14.5 Å². The van der Waals surface area contributed by atoms with Gasteiger partial charge in [0.15, 0.2) is 0 Å². The van der Waals surface area contributed by atoms with Crippen LogP contribution in [0.5, 0.6) is 11.5 Å². The molecule has 3 aromatic rings. The standard InChI is InChI=1S/C24H21N3O7/c1-13(23(30)31)26-12-14(16-6-4-5-7-18(16)26)10-17-21(28)25-24(32)27(22(17)29)19-9-8-15(33-2)11-20(19)34-3/h4-13H,1-3H3,(H,30,31)(H,25,28,32)/b17-10-/t13-/m0/s1. The van der Waals surface area contributed by atoms with Gasteiger partial charge in [0, 0.05) is 28.7 Å². The molecule has 1 atom stereocenters. The number of ether oxygens (including phenoxy) is 2. The summed E-state index contributed by atoms with van der Waals surface area (Å²) in [5.41, 5.74) is 0.922. The SMILES string of the molecule is COc1ccc(N2C(=O)NC(=O)/C(=C/c3cn([C@@H](C)C(=O)O)c4ccccc34)C2=O)c(OC)c1. The molecule has 2 heterocycles. The molecule has 1 aliphatic heterocycles. The van der Waals surface area contributed by atoms with E-state index in [-0.39, 0.29) is 17.0 Å². The molecule has 1 saturated heterocycles. The molecule has 4 amide bonds. The smallest absolute Gasteiger partial charge is 0.336 e. The van der Waals surface area contributed by atoms with Crippen LogP contribution in [0.15, 0.2) is 54.2 Å². The monoisotopic (exact) mass is 463 g/mol. The third kappa shape index (κ3) is 3.75. The number of hydrogen-bond acceptors (Lipinski definition) is 6. The number of urea groups is 1. The van der Waals surface area contributed by atoms with Gasteiger partial charge in [-0.05, 0) is 31.2 Å². The number of imide groups is 2. The zero-order chi connectivity index (χ0) is 24.6. The Kier molecular flexibility index (Phi) is 5.80.